The van der Waals surface area contributed by atoms with Crippen molar-refractivity contribution in [2.45, 2.75) is 13.8 Å². The Balaban J connectivity index is 1.57. The molecule has 0 saturated carbocycles. The van der Waals surface area contributed by atoms with Gasteiger partial charge in [0.1, 0.15) is 5.69 Å². The number of nitrogens with one attached hydrogen (secondary N) is 2. The van der Waals surface area contributed by atoms with Crippen LogP contribution in [0.3, 0.4) is 0 Å². The summed E-state index contributed by atoms with van der Waals surface area (Å²) in [6.45, 7) is 9.31. The molecule has 1 fully saturated rings. The van der Waals surface area contributed by atoms with Crippen LogP contribution in [0.15, 0.2) is 36.5 Å². The molecular formula is C20H26N4O2. The van der Waals surface area contributed by atoms with Gasteiger partial charge in [-0.15, -0.1) is 0 Å². The summed E-state index contributed by atoms with van der Waals surface area (Å²) in [4.78, 5) is 19.1. The Morgan fingerprint density at radius 1 is 1.19 bits per heavy atom. The first kappa shape index (κ1) is 18.4. The molecule has 6 nitrogen and oxygen atoms in total. The minimum Gasteiger partial charge on any atom is -0.384 e. The van der Waals surface area contributed by atoms with Crippen LogP contribution in [-0.4, -0.2) is 55.2 Å². The maximum Gasteiger partial charge on any atom is 0.274 e. The lowest BCUT2D eigenvalue weighted by molar-refractivity contribution is 0.0398. The molecule has 0 aliphatic carbocycles. The summed E-state index contributed by atoms with van der Waals surface area (Å²) in [5.41, 5.74) is 4.27. The highest BCUT2D eigenvalue weighted by Gasteiger charge is 2.11. The Labute approximate surface area is 154 Å². The lowest BCUT2D eigenvalue weighted by Gasteiger charge is -2.26. The monoisotopic (exact) mass is 354 g/mol. The first-order valence-corrected chi connectivity index (χ1v) is 9.00. The van der Waals surface area contributed by atoms with Crippen molar-refractivity contribution >= 4 is 17.3 Å². The third-order valence-electron chi connectivity index (χ3n) is 4.49. The third kappa shape index (κ3) is 5.03. The third-order valence-corrected chi connectivity index (χ3v) is 4.49. The highest BCUT2D eigenvalue weighted by Crippen LogP contribution is 2.18. The maximum atomic E-state index is 12.5. The van der Waals surface area contributed by atoms with Crippen molar-refractivity contribution in [3.8, 4) is 0 Å². The van der Waals surface area contributed by atoms with Crippen LogP contribution in [0, 0.1) is 13.8 Å². The highest BCUT2D eigenvalue weighted by molar-refractivity contribution is 6.03. The van der Waals surface area contributed by atoms with Crippen LogP contribution in [0.2, 0.25) is 0 Å². The van der Waals surface area contributed by atoms with Gasteiger partial charge in [-0.2, -0.15) is 0 Å². The molecule has 1 amide bonds. The van der Waals surface area contributed by atoms with Crippen molar-refractivity contribution in [3.05, 3.63) is 53.3 Å². The summed E-state index contributed by atoms with van der Waals surface area (Å²) >= 11 is 0. The number of benzene rings is 1. The Kier molecular flexibility index (Phi) is 6.20. The molecule has 3 rings (SSSR count). The Bertz CT molecular complexity index is 757. The number of amides is 1. The van der Waals surface area contributed by atoms with Gasteiger partial charge in [0.25, 0.3) is 5.91 Å². The van der Waals surface area contributed by atoms with E-state index in [1.54, 1.807) is 12.3 Å². The van der Waals surface area contributed by atoms with Gasteiger partial charge in [0, 0.05) is 43.8 Å². The van der Waals surface area contributed by atoms with E-state index < -0.39 is 0 Å². The number of ether oxygens (including phenoxy) is 1. The van der Waals surface area contributed by atoms with Gasteiger partial charge in [-0.1, -0.05) is 12.1 Å². The van der Waals surface area contributed by atoms with Gasteiger partial charge in [0.15, 0.2) is 0 Å². The summed E-state index contributed by atoms with van der Waals surface area (Å²) in [6, 6.07) is 9.68. The fourth-order valence-electron chi connectivity index (χ4n) is 2.90. The van der Waals surface area contributed by atoms with Crippen LogP contribution >= 0.6 is 0 Å². The fraction of sp³-hybridized carbons (Fsp3) is 0.400. The fourth-order valence-corrected chi connectivity index (χ4v) is 2.90. The van der Waals surface area contributed by atoms with E-state index in [0.29, 0.717) is 5.69 Å². The first-order valence-electron chi connectivity index (χ1n) is 9.00. The molecule has 0 spiro atoms. The molecule has 138 valence electrons. The Morgan fingerprint density at radius 2 is 2.00 bits per heavy atom. The van der Waals surface area contributed by atoms with Crippen molar-refractivity contribution in [1.29, 1.82) is 0 Å². The van der Waals surface area contributed by atoms with E-state index in [4.69, 9.17) is 4.74 Å². The number of aromatic nitrogens is 1. The number of pyridine rings is 1. The van der Waals surface area contributed by atoms with E-state index in [1.165, 1.54) is 0 Å². The van der Waals surface area contributed by atoms with Crippen LogP contribution in [0.25, 0.3) is 0 Å². The number of hydrogen-bond donors (Lipinski definition) is 2. The second-order valence-electron chi connectivity index (χ2n) is 6.58. The summed E-state index contributed by atoms with van der Waals surface area (Å²) in [5, 5.41) is 6.32. The SMILES string of the molecule is Cc1ccc(C)c(NC(=O)c2cc(NCCN3CCOCC3)ccn2)c1. The number of hydrogen-bond acceptors (Lipinski definition) is 5. The molecule has 26 heavy (non-hydrogen) atoms. The zero-order valence-corrected chi connectivity index (χ0v) is 15.4. The van der Waals surface area contributed by atoms with E-state index in [1.807, 2.05) is 38.1 Å². The second-order valence-corrected chi connectivity index (χ2v) is 6.58. The average Bonchev–Trinajstić information content (AvgIpc) is 2.66. The molecule has 0 bridgehead atoms. The molecule has 0 radical (unpaired) electrons. The number of anilines is 2. The molecule has 0 unspecified atom stereocenters. The molecule has 1 saturated heterocycles. The molecule has 2 heterocycles. The summed E-state index contributed by atoms with van der Waals surface area (Å²) < 4.78 is 5.36. The Hall–Kier alpha value is -2.44. The predicted octanol–water partition coefficient (Wildman–Crippen LogP) is 2.69. The van der Waals surface area contributed by atoms with E-state index in [9.17, 15) is 4.79 Å². The minimum atomic E-state index is -0.199. The van der Waals surface area contributed by atoms with Gasteiger partial charge in [0.2, 0.25) is 0 Å². The van der Waals surface area contributed by atoms with Crippen LogP contribution in [0.4, 0.5) is 11.4 Å². The van der Waals surface area contributed by atoms with Crippen molar-refractivity contribution in [2.75, 3.05) is 50.0 Å². The van der Waals surface area contributed by atoms with Crippen LogP contribution in [-0.2, 0) is 4.74 Å². The van der Waals surface area contributed by atoms with E-state index in [-0.39, 0.29) is 5.91 Å². The zero-order chi connectivity index (χ0) is 18.4. The van der Waals surface area contributed by atoms with Crippen molar-refractivity contribution in [2.24, 2.45) is 0 Å². The topological polar surface area (TPSA) is 66.5 Å². The van der Waals surface area contributed by atoms with Gasteiger partial charge in [0.05, 0.1) is 13.2 Å². The van der Waals surface area contributed by atoms with E-state index >= 15 is 0 Å². The quantitative estimate of drug-likeness (QED) is 0.835. The predicted molar refractivity (Wildman–Crippen MR) is 104 cm³/mol. The largest absolute Gasteiger partial charge is 0.384 e. The van der Waals surface area contributed by atoms with Crippen LogP contribution in [0.5, 0.6) is 0 Å². The minimum absolute atomic E-state index is 0.199. The Morgan fingerprint density at radius 3 is 2.81 bits per heavy atom. The van der Waals surface area contributed by atoms with Gasteiger partial charge >= 0.3 is 0 Å². The van der Waals surface area contributed by atoms with Crippen LogP contribution in [0.1, 0.15) is 21.6 Å². The van der Waals surface area contributed by atoms with E-state index in [0.717, 1.165) is 61.9 Å². The first-order chi connectivity index (χ1) is 12.6. The molecule has 1 aliphatic heterocycles. The maximum absolute atomic E-state index is 12.5. The number of morpholine rings is 1. The second kappa shape index (κ2) is 8.78. The number of nitrogens with zero attached hydrogens (tertiary/aromatic N) is 2. The van der Waals surface area contributed by atoms with Gasteiger partial charge in [-0.05, 0) is 43.2 Å². The molecule has 1 aromatic heterocycles. The average molecular weight is 354 g/mol. The van der Waals surface area contributed by atoms with Gasteiger partial charge < -0.3 is 15.4 Å². The number of rotatable bonds is 6. The molecular weight excluding hydrogens is 328 g/mol. The summed E-state index contributed by atoms with van der Waals surface area (Å²) in [7, 11) is 0. The number of carbonyl (C=O) groups excluding carboxylic acids is 1. The molecule has 1 aliphatic rings. The van der Waals surface area contributed by atoms with Crippen molar-refractivity contribution in [3.63, 3.8) is 0 Å². The standard InChI is InChI=1S/C20H26N4O2/c1-15-3-4-16(2)18(13-15)23-20(25)19-14-17(5-6-22-19)21-7-8-24-9-11-26-12-10-24/h3-6,13-14H,7-12H2,1-2H3,(H,21,22)(H,23,25). The molecule has 1 aromatic carbocycles. The highest BCUT2D eigenvalue weighted by atomic mass is 16.5. The normalized spacial score (nSPS) is 14.8. The lowest BCUT2D eigenvalue weighted by Crippen LogP contribution is -2.39. The van der Waals surface area contributed by atoms with E-state index in [2.05, 4.69) is 20.5 Å². The van der Waals surface area contributed by atoms with Gasteiger partial charge in [-0.3, -0.25) is 14.7 Å². The summed E-state index contributed by atoms with van der Waals surface area (Å²) in [6.07, 6.45) is 1.66. The number of carbonyl (C=O) groups is 1. The molecule has 0 atom stereocenters. The smallest absolute Gasteiger partial charge is 0.274 e. The van der Waals surface area contributed by atoms with Crippen LogP contribution < -0.4 is 10.6 Å². The molecule has 2 N–H and O–H groups in total. The van der Waals surface area contributed by atoms with Crippen molar-refractivity contribution < 1.29 is 9.53 Å². The number of aryl methyl sites for hydroxylation is 2. The van der Waals surface area contributed by atoms with Crippen molar-refractivity contribution in [1.82, 2.24) is 9.88 Å². The molecule has 6 heteroatoms. The molecule has 2 aromatic rings. The zero-order valence-electron chi connectivity index (χ0n) is 15.4. The summed E-state index contributed by atoms with van der Waals surface area (Å²) in [5.74, 6) is -0.199. The van der Waals surface area contributed by atoms with Gasteiger partial charge in [-0.25, -0.2) is 0 Å². The lowest BCUT2D eigenvalue weighted by atomic mass is 10.1.